The summed E-state index contributed by atoms with van der Waals surface area (Å²) in [6, 6.07) is 4.91. The molecule has 1 aliphatic rings. The predicted octanol–water partition coefficient (Wildman–Crippen LogP) is 2.27. The molecule has 25 heavy (non-hydrogen) atoms. The molecule has 0 unspecified atom stereocenters. The fraction of sp³-hybridized carbons (Fsp3) is 0.611. The van der Waals surface area contributed by atoms with Gasteiger partial charge < -0.3 is 9.64 Å². The molecule has 2 rings (SSSR count). The van der Waals surface area contributed by atoms with E-state index in [1.54, 1.807) is 24.0 Å². The first-order valence-corrected chi connectivity index (χ1v) is 10.2. The van der Waals surface area contributed by atoms with Crippen LogP contribution in [0.2, 0.25) is 0 Å². The van der Waals surface area contributed by atoms with Gasteiger partial charge >= 0.3 is 0 Å². The van der Waals surface area contributed by atoms with Gasteiger partial charge in [0.25, 0.3) is 5.91 Å². The molecule has 0 saturated carbocycles. The largest absolute Gasteiger partial charge is 0.372 e. The summed E-state index contributed by atoms with van der Waals surface area (Å²) in [6.07, 6.45) is -0.0611. The lowest BCUT2D eigenvalue weighted by molar-refractivity contribution is -0.0586. The van der Waals surface area contributed by atoms with Crippen molar-refractivity contribution in [1.29, 1.82) is 0 Å². The van der Waals surface area contributed by atoms with Crippen LogP contribution < -0.4 is 0 Å². The number of morpholine rings is 1. The third-order valence-corrected chi connectivity index (χ3v) is 6.66. The Kier molecular flexibility index (Phi) is 6.24. The molecule has 1 fully saturated rings. The molecular weight excluding hydrogens is 340 g/mol. The fourth-order valence-corrected chi connectivity index (χ4v) is 4.95. The van der Waals surface area contributed by atoms with Crippen molar-refractivity contribution in [1.82, 2.24) is 9.21 Å². The highest BCUT2D eigenvalue weighted by Gasteiger charge is 2.29. The van der Waals surface area contributed by atoms with Crippen LogP contribution in [0.25, 0.3) is 0 Å². The maximum absolute atomic E-state index is 12.9. The summed E-state index contributed by atoms with van der Waals surface area (Å²) in [7, 11) is -3.60. The van der Waals surface area contributed by atoms with Crippen molar-refractivity contribution in [2.45, 2.75) is 51.7 Å². The number of sulfonamides is 1. The number of aryl methyl sites for hydroxylation is 1. The molecule has 140 valence electrons. The van der Waals surface area contributed by atoms with E-state index >= 15 is 0 Å². The van der Waals surface area contributed by atoms with E-state index in [1.807, 2.05) is 27.7 Å². The average Bonchev–Trinajstić information content (AvgIpc) is 2.54. The van der Waals surface area contributed by atoms with Crippen molar-refractivity contribution in [2.24, 2.45) is 0 Å². The van der Waals surface area contributed by atoms with Gasteiger partial charge in [0.15, 0.2) is 0 Å². The Labute approximate surface area is 150 Å². The summed E-state index contributed by atoms with van der Waals surface area (Å²) in [5.41, 5.74) is 1.05. The van der Waals surface area contributed by atoms with Crippen LogP contribution in [0.4, 0.5) is 0 Å². The van der Waals surface area contributed by atoms with Crippen molar-refractivity contribution in [3.63, 3.8) is 0 Å². The summed E-state index contributed by atoms with van der Waals surface area (Å²) in [6.45, 7) is 11.0. The molecule has 1 aliphatic heterocycles. The maximum atomic E-state index is 12.9. The van der Waals surface area contributed by atoms with Crippen molar-refractivity contribution < 1.29 is 17.9 Å². The summed E-state index contributed by atoms with van der Waals surface area (Å²) in [5, 5.41) is 0. The Bertz CT molecular complexity index is 719. The van der Waals surface area contributed by atoms with Gasteiger partial charge in [-0.2, -0.15) is 4.31 Å². The number of benzene rings is 1. The average molecular weight is 368 g/mol. The first-order valence-electron chi connectivity index (χ1n) is 8.76. The highest BCUT2D eigenvalue weighted by atomic mass is 32.2. The quantitative estimate of drug-likeness (QED) is 0.800. The van der Waals surface area contributed by atoms with Crippen LogP contribution in [0.1, 0.15) is 43.6 Å². The summed E-state index contributed by atoms with van der Waals surface area (Å²) in [4.78, 5) is 14.8. The minimum absolute atomic E-state index is 0.0305. The topological polar surface area (TPSA) is 66.9 Å². The Morgan fingerprint density at radius 2 is 1.76 bits per heavy atom. The molecule has 7 heteroatoms. The lowest BCUT2D eigenvalue weighted by atomic mass is 10.1. The van der Waals surface area contributed by atoms with E-state index in [2.05, 4.69) is 0 Å². The molecule has 2 atom stereocenters. The monoisotopic (exact) mass is 368 g/mol. The SMILES string of the molecule is CCN(CC)S(=O)(=O)c1cc(C(=O)N2C[C@@H](C)O[C@@H](C)C2)ccc1C. The summed E-state index contributed by atoms with van der Waals surface area (Å²) >= 11 is 0. The van der Waals surface area contributed by atoms with Gasteiger partial charge in [-0.1, -0.05) is 19.9 Å². The molecule has 0 aromatic heterocycles. The smallest absolute Gasteiger partial charge is 0.254 e. The van der Waals surface area contributed by atoms with Crippen LogP contribution in [0, 0.1) is 6.92 Å². The molecular formula is C18H28N2O4S. The van der Waals surface area contributed by atoms with Gasteiger partial charge in [0.2, 0.25) is 10.0 Å². The molecule has 0 N–H and O–H groups in total. The zero-order chi connectivity index (χ0) is 18.8. The van der Waals surface area contributed by atoms with Crippen molar-refractivity contribution in [3.05, 3.63) is 29.3 Å². The Balaban J connectivity index is 2.37. The van der Waals surface area contributed by atoms with Crippen LogP contribution in [0.15, 0.2) is 23.1 Å². The normalized spacial score (nSPS) is 21.6. The first-order chi connectivity index (χ1) is 11.7. The zero-order valence-electron chi connectivity index (χ0n) is 15.7. The number of rotatable bonds is 5. The molecule has 0 spiro atoms. The van der Waals surface area contributed by atoms with Gasteiger partial charge in [0, 0.05) is 31.7 Å². The van der Waals surface area contributed by atoms with Gasteiger partial charge in [-0.3, -0.25) is 4.79 Å². The molecule has 0 aliphatic carbocycles. The van der Waals surface area contributed by atoms with Crippen molar-refractivity contribution in [3.8, 4) is 0 Å². The summed E-state index contributed by atoms with van der Waals surface area (Å²) < 4.78 is 32.8. The molecule has 0 radical (unpaired) electrons. The van der Waals surface area contributed by atoms with Gasteiger partial charge in [-0.15, -0.1) is 0 Å². The number of hydrogen-bond acceptors (Lipinski definition) is 4. The van der Waals surface area contributed by atoms with Gasteiger partial charge in [0.05, 0.1) is 17.1 Å². The number of amides is 1. The van der Waals surface area contributed by atoms with Crippen molar-refractivity contribution >= 4 is 15.9 Å². The maximum Gasteiger partial charge on any atom is 0.254 e. The molecule has 1 amide bonds. The standard InChI is InChI=1S/C18H28N2O4S/c1-6-20(7-2)25(22,23)17-10-16(9-8-13(17)3)18(21)19-11-14(4)24-15(5)12-19/h8-10,14-15H,6-7,11-12H2,1-5H3/t14-,15+. The number of carbonyl (C=O) groups is 1. The molecule has 6 nitrogen and oxygen atoms in total. The van der Waals surface area contributed by atoms with E-state index in [1.165, 1.54) is 10.4 Å². The van der Waals surface area contributed by atoms with Gasteiger partial charge in [-0.25, -0.2) is 8.42 Å². The van der Waals surface area contributed by atoms with Crippen LogP contribution in [0.3, 0.4) is 0 Å². The Hall–Kier alpha value is -1.44. The number of ether oxygens (including phenoxy) is 1. The highest BCUT2D eigenvalue weighted by molar-refractivity contribution is 7.89. The number of hydrogen-bond donors (Lipinski definition) is 0. The van der Waals surface area contributed by atoms with E-state index in [4.69, 9.17) is 4.74 Å². The van der Waals surface area contributed by atoms with Crippen LogP contribution in [-0.4, -0.2) is 61.9 Å². The Morgan fingerprint density at radius 1 is 1.20 bits per heavy atom. The van der Waals surface area contributed by atoms with Crippen molar-refractivity contribution in [2.75, 3.05) is 26.2 Å². The third-order valence-electron chi connectivity index (χ3n) is 4.47. The molecule has 1 saturated heterocycles. The van der Waals surface area contributed by atoms with Crippen LogP contribution in [-0.2, 0) is 14.8 Å². The highest BCUT2D eigenvalue weighted by Crippen LogP contribution is 2.23. The second-order valence-corrected chi connectivity index (χ2v) is 8.44. The second kappa shape index (κ2) is 7.85. The van der Waals surface area contributed by atoms with E-state index in [-0.39, 0.29) is 23.0 Å². The van der Waals surface area contributed by atoms with Gasteiger partial charge in [-0.05, 0) is 38.5 Å². The number of nitrogens with zero attached hydrogens (tertiary/aromatic N) is 2. The van der Waals surface area contributed by atoms with E-state index < -0.39 is 10.0 Å². The lowest BCUT2D eigenvalue weighted by Crippen LogP contribution is -2.48. The molecule has 1 aromatic rings. The van der Waals surface area contributed by atoms with E-state index in [0.29, 0.717) is 37.3 Å². The minimum Gasteiger partial charge on any atom is -0.372 e. The molecule has 1 heterocycles. The fourth-order valence-electron chi connectivity index (χ4n) is 3.24. The minimum atomic E-state index is -3.60. The third kappa shape index (κ3) is 4.22. The number of carbonyl (C=O) groups excluding carboxylic acids is 1. The summed E-state index contributed by atoms with van der Waals surface area (Å²) in [5.74, 6) is -0.155. The van der Waals surface area contributed by atoms with Gasteiger partial charge in [0.1, 0.15) is 0 Å². The lowest BCUT2D eigenvalue weighted by Gasteiger charge is -2.35. The zero-order valence-corrected chi connectivity index (χ0v) is 16.5. The van der Waals surface area contributed by atoms with E-state index in [0.717, 1.165) is 0 Å². The van der Waals surface area contributed by atoms with Crippen LogP contribution in [0.5, 0.6) is 0 Å². The van der Waals surface area contributed by atoms with E-state index in [9.17, 15) is 13.2 Å². The molecule has 0 bridgehead atoms. The second-order valence-electron chi connectivity index (χ2n) is 6.54. The van der Waals surface area contributed by atoms with Crippen LogP contribution >= 0.6 is 0 Å². The molecule has 1 aromatic carbocycles. The predicted molar refractivity (Wildman–Crippen MR) is 97.2 cm³/mol. The Morgan fingerprint density at radius 3 is 2.28 bits per heavy atom. The first kappa shape index (κ1) is 19.9.